The van der Waals surface area contributed by atoms with Crippen molar-refractivity contribution in [3.05, 3.63) is 0 Å². The van der Waals surface area contributed by atoms with Gasteiger partial charge in [-0.05, 0) is 20.3 Å². The van der Waals surface area contributed by atoms with Gasteiger partial charge in [-0.1, -0.05) is 0 Å². The summed E-state index contributed by atoms with van der Waals surface area (Å²) in [7, 11) is 0. The third-order valence-corrected chi connectivity index (χ3v) is 4.00. The van der Waals surface area contributed by atoms with E-state index in [1.165, 1.54) is 0 Å². The maximum Gasteiger partial charge on any atom is 0.129 e. The Morgan fingerprint density at radius 2 is 1.89 bits per heavy atom. The molecule has 0 radical (unpaired) electrons. The third kappa shape index (κ3) is 4.24. The summed E-state index contributed by atoms with van der Waals surface area (Å²) >= 11 is 0. The predicted octanol–water partition coefficient (Wildman–Crippen LogP) is -0.0195. The van der Waals surface area contributed by atoms with Crippen molar-refractivity contribution >= 4 is 6.29 Å². The van der Waals surface area contributed by atoms with E-state index in [0.29, 0.717) is 19.8 Å². The monoisotopic (exact) mass is 270 g/mol. The van der Waals surface area contributed by atoms with E-state index in [0.717, 1.165) is 45.4 Å². The van der Waals surface area contributed by atoms with Crippen molar-refractivity contribution in [1.29, 1.82) is 0 Å². The Morgan fingerprint density at radius 1 is 1.26 bits per heavy atom. The molecule has 2 rings (SSSR count). The zero-order valence-corrected chi connectivity index (χ0v) is 12.1. The largest absolute Gasteiger partial charge is 0.389 e. The van der Waals surface area contributed by atoms with Crippen molar-refractivity contribution < 1.29 is 14.6 Å². The fourth-order valence-electron chi connectivity index (χ4n) is 2.98. The first-order chi connectivity index (χ1) is 8.92. The third-order valence-electron chi connectivity index (χ3n) is 4.00. The van der Waals surface area contributed by atoms with Crippen LogP contribution in [0.4, 0.5) is 0 Å². The van der Waals surface area contributed by atoms with Gasteiger partial charge in [-0.15, -0.1) is 0 Å². The molecule has 2 heterocycles. The quantitative estimate of drug-likeness (QED) is 0.712. The van der Waals surface area contributed by atoms with Gasteiger partial charge < -0.3 is 14.6 Å². The van der Waals surface area contributed by atoms with Gasteiger partial charge in [0.1, 0.15) is 6.29 Å². The first-order valence-corrected chi connectivity index (χ1v) is 7.14. The summed E-state index contributed by atoms with van der Waals surface area (Å²) in [5.41, 5.74) is -0.913. The van der Waals surface area contributed by atoms with Crippen LogP contribution in [0.25, 0.3) is 0 Å². The van der Waals surface area contributed by atoms with Crippen LogP contribution < -0.4 is 0 Å². The zero-order chi connectivity index (χ0) is 13.9. The van der Waals surface area contributed by atoms with Gasteiger partial charge in [0, 0.05) is 45.9 Å². The molecule has 1 unspecified atom stereocenters. The van der Waals surface area contributed by atoms with Gasteiger partial charge in [0.15, 0.2) is 0 Å². The second kappa shape index (κ2) is 5.87. The van der Waals surface area contributed by atoms with Gasteiger partial charge in [-0.3, -0.25) is 9.80 Å². The van der Waals surface area contributed by atoms with E-state index in [1.807, 2.05) is 13.8 Å². The number of carbonyl (C=O) groups is 1. The maximum absolute atomic E-state index is 11.3. The molecule has 0 saturated carbocycles. The second-order valence-corrected chi connectivity index (χ2v) is 6.65. The molecule has 110 valence electrons. The Morgan fingerprint density at radius 3 is 2.37 bits per heavy atom. The van der Waals surface area contributed by atoms with Gasteiger partial charge in [0.05, 0.1) is 17.6 Å². The van der Waals surface area contributed by atoms with Crippen LogP contribution in [0.2, 0.25) is 0 Å². The van der Waals surface area contributed by atoms with Gasteiger partial charge in [0.25, 0.3) is 0 Å². The fraction of sp³-hybridized carbons (Fsp3) is 0.929. The Kier molecular flexibility index (Phi) is 4.61. The van der Waals surface area contributed by atoms with Crippen LogP contribution in [-0.4, -0.2) is 79.3 Å². The van der Waals surface area contributed by atoms with E-state index >= 15 is 0 Å². The lowest BCUT2D eigenvalue weighted by molar-refractivity contribution is -0.117. The molecule has 2 saturated heterocycles. The minimum atomic E-state index is -0.633. The molecule has 0 bridgehead atoms. The number of piperazine rings is 1. The molecule has 2 fully saturated rings. The van der Waals surface area contributed by atoms with Crippen molar-refractivity contribution in [2.24, 2.45) is 5.41 Å². The molecule has 2 aliphatic rings. The number of rotatable bonds is 5. The SMILES string of the molecule is CC(C)(O)CN1CCN(CC2(C=O)CCOC2)CC1. The molecule has 2 aliphatic heterocycles. The number of aliphatic hydroxyl groups is 1. The van der Waals surface area contributed by atoms with E-state index < -0.39 is 5.60 Å². The summed E-state index contributed by atoms with van der Waals surface area (Å²) in [5.74, 6) is 0. The molecule has 0 amide bonds. The summed E-state index contributed by atoms with van der Waals surface area (Å²) in [4.78, 5) is 15.9. The lowest BCUT2D eigenvalue weighted by Gasteiger charge is -2.39. The molecule has 0 aromatic heterocycles. The summed E-state index contributed by atoms with van der Waals surface area (Å²) in [6.07, 6.45) is 1.93. The Balaban J connectivity index is 1.78. The summed E-state index contributed by atoms with van der Waals surface area (Å²) < 4.78 is 5.38. The maximum atomic E-state index is 11.3. The standard InChI is InChI=1S/C14H26N2O3/c1-13(2,18)9-15-4-6-16(7-5-15)10-14(11-17)3-8-19-12-14/h11,18H,3-10,12H2,1-2H3. The number of carbonyl (C=O) groups excluding carboxylic acids is 1. The molecule has 19 heavy (non-hydrogen) atoms. The Labute approximate surface area is 115 Å². The number of β-amino-alcohol motifs (C(OH)–C–C–N with tert-alkyl or cyclic N) is 1. The van der Waals surface area contributed by atoms with Gasteiger partial charge in [-0.2, -0.15) is 0 Å². The lowest BCUT2D eigenvalue weighted by Crippen LogP contribution is -2.53. The molecule has 0 aliphatic carbocycles. The molecule has 1 atom stereocenters. The van der Waals surface area contributed by atoms with Crippen LogP contribution in [0.5, 0.6) is 0 Å². The molecular weight excluding hydrogens is 244 g/mol. The van der Waals surface area contributed by atoms with Crippen molar-refractivity contribution in [2.45, 2.75) is 25.9 Å². The van der Waals surface area contributed by atoms with Crippen LogP contribution in [0.15, 0.2) is 0 Å². The summed E-state index contributed by atoms with van der Waals surface area (Å²) in [5, 5.41) is 9.83. The Bertz CT molecular complexity index is 300. The van der Waals surface area contributed by atoms with Crippen molar-refractivity contribution in [3.63, 3.8) is 0 Å². The second-order valence-electron chi connectivity index (χ2n) is 6.65. The highest BCUT2D eigenvalue weighted by atomic mass is 16.5. The zero-order valence-electron chi connectivity index (χ0n) is 12.1. The summed E-state index contributed by atoms with van der Waals surface area (Å²) in [6, 6.07) is 0. The molecule has 5 nitrogen and oxygen atoms in total. The van der Waals surface area contributed by atoms with E-state index in [2.05, 4.69) is 9.80 Å². The average molecular weight is 270 g/mol. The topological polar surface area (TPSA) is 53.0 Å². The minimum Gasteiger partial charge on any atom is -0.389 e. The highest BCUT2D eigenvalue weighted by Gasteiger charge is 2.37. The smallest absolute Gasteiger partial charge is 0.129 e. The van der Waals surface area contributed by atoms with Crippen LogP contribution in [0.1, 0.15) is 20.3 Å². The van der Waals surface area contributed by atoms with Crippen LogP contribution >= 0.6 is 0 Å². The normalized spacial score (nSPS) is 30.7. The summed E-state index contributed by atoms with van der Waals surface area (Å²) in [6.45, 7) is 10.3. The van der Waals surface area contributed by atoms with Gasteiger partial charge >= 0.3 is 0 Å². The molecule has 0 aromatic carbocycles. The average Bonchev–Trinajstić information content (AvgIpc) is 2.79. The van der Waals surface area contributed by atoms with Crippen LogP contribution in [-0.2, 0) is 9.53 Å². The van der Waals surface area contributed by atoms with Crippen LogP contribution in [0.3, 0.4) is 0 Å². The number of hydrogen-bond donors (Lipinski definition) is 1. The van der Waals surface area contributed by atoms with E-state index in [9.17, 15) is 9.90 Å². The number of ether oxygens (including phenoxy) is 1. The number of hydrogen-bond acceptors (Lipinski definition) is 5. The van der Waals surface area contributed by atoms with E-state index in [-0.39, 0.29) is 5.41 Å². The highest BCUT2D eigenvalue weighted by molar-refractivity contribution is 5.60. The number of aldehydes is 1. The van der Waals surface area contributed by atoms with E-state index in [4.69, 9.17) is 4.74 Å². The molecule has 1 N–H and O–H groups in total. The molecule has 0 aromatic rings. The fourth-order valence-corrected chi connectivity index (χ4v) is 2.98. The number of nitrogens with zero attached hydrogens (tertiary/aromatic N) is 2. The highest BCUT2D eigenvalue weighted by Crippen LogP contribution is 2.27. The molecular formula is C14H26N2O3. The van der Waals surface area contributed by atoms with Crippen LogP contribution in [0, 0.1) is 5.41 Å². The van der Waals surface area contributed by atoms with Gasteiger partial charge in [-0.25, -0.2) is 0 Å². The Hall–Kier alpha value is -0.490. The van der Waals surface area contributed by atoms with Crippen molar-refractivity contribution in [1.82, 2.24) is 9.80 Å². The molecule has 5 heteroatoms. The predicted molar refractivity (Wildman–Crippen MR) is 73.1 cm³/mol. The molecule has 0 spiro atoms. The van der Waals surface area contributed by atoms with E-state index in [1.54, 1.807) is 0 Å². The lowest BCUT2D eigenvalue weighted by atomic mass is 9.88. The van der Waals surface area contributed by atoms with Crippen molar-refractivity contribution in [2.75, 3.05) is 52.5 Å². The van der Waals surface area contributed by atoms with Crippen molar-refractivity contribution in [3.8, 4) is 0 Å². The van der Waals surface area contributed by atoms with Gasteiger partial charge in [0.2, 0.25) is 0 Å². The first kappa shape index (κ1) is 14.9. The minimum absolute atomic E-state index is 0.279. The first-order valence-electron chi connectivity index (χ1n) is 7.14.